The van der Waals surface area contributed by atoms with Crippen molar-refractivity contribution in [3.63, 3.8) is 0 Å². The Balaban J connectivity index is 1.84. The maximum Gasteiger partial charge on any atom is 0.162 e. The Kier molecular flexibility index (Phi) is 3.82. The van der Waals surface area contributed by atoms with Crippen molar-refractivity contribution < 1.29 is 18.7 Å². The van der Waals surface area contributed by atoms with Gasteiger partial charge in [-0.15, -0.1) is 5.92 Å². The largest absolute Gasteiger partial charge is 0.493 e. The SMILES string of the molecule is CC#Cc1ccc(C2C(=O)C3(C)c4ccc(o4)C3(C)C2=O)c(OCCC)c1. The minimum Gasteiger partial charge on any atom is -0.493 e. The Labute approximate surface area is 158 Å². The molecule has 27 heavy (non-hydrogen) atoms. The number of hydrogen-bond acceptors (Lipinski definition) is 4. The number of Topliss-reactive ketones (excluding diaryl/α,β-unsaturated/α-hetero) is 2. The van der Waals surface area contributed by atoms with Crippen LogP contribution in [0.3, 0.4) is 0 Å². The lowest BCUT2D eigenvalue weighted by Crippen LogP contribution is -2.45. The maximum atomic E-state index is 13.5. The van der Waals surface area contributed by atoms with Crippen LogP contribution in [-0.2, 0) is 20.4 Å². The molecule has 0 radical (unpaired) electrons. The molecule has 1 fully saturated rings. The van der Waals surface area contributed by atoms with E-state index in [1.807, 2.05) is 39.0 Å². The first kappa shape index (κ1) is 17.6. The van der Waals surface area contributed by atoms with E-state index in [4.69, 9.17) is 9.15 Å². The Morgan fingerprint density at radius 2 is 1.70 bits per heavy atom. The lowest BCUT2D eigenvalue weighted by atomic mass is 9.64. The zero-order valence-corrected chi connectivity index (χ0v) is 16.0. The highest BCUT2D eigenvalue weighted by Gasteiger charge is 2.72. The number of carbonyl (C=O) groups is 2. The molecule has 2 aromatic rings. The minimum absolute atomic E-state index is 0.125. The van der Waals surface area contributed by atoms with Crippen molar-refractivity contribution in [2.24, 2.45) is 0 Å². The molecule has 0 N–H and O–H groups in total. The summed E-state index contributed by atoms with van der Waals surface area (Å²) in [7, 11) is 0. The van der Waals surface area contributed by atoms with Gasteiger partial charge in [-0.05, 0) is 51.5 Å². The lowest BCUT2D eigenvalue weighted by molar-refractivity contribution is -0.125. The highest BCUT2D eigenvalue weighted by Crippen LogP contribution is 2.61. The second kappa shape index (κ2) is 5.85. The highest BCUT2D eigenvalue weighted by molar-refractivity contribution is 6.24. The average Bonchev–Trinajstić information content (AvgIpc) is 3.27. The molecule has 4 rings (SSSR count). The number of fused-ring (bicyclic) bond motifs is 5. The molecular formula is C23H22O4. The Hall–Kier alpha value is -2.80. The van der Waals surface area contributed by atoms with Gasteiger partial charge in [-0.1, -0.05) is 18.9 Å². The van der Waals surface area contributed by atoms with Gasteiger partial charge >= 0.3 is 0 Å². The van der Waals surface area contributed by atoms with Gasteiger partial charge in [0.1, 0.15) is 34.0 Å². The predicted octanol–water partition coefficient (Wildman–Crippen LogP) is 3.90. The molecule has 2 heterocycles. The monoisotopic (exact) mass is 362 g/mol. The molecule has 4 heteroatoms. The zero-order chi connectivity index (χ0) is 19.4. The first-order valence-electron chi connectivity index (χ1n) is 9.28. The van der Waals surface area contributed by atoms with Gasteiger partial charge in [0.05, 0.1) is 6.61 Å². The molecule has 0 amide bonds. The van der Waals surface area contributed by atoms with E-state index in [-0.39, 0.29) is 11.6 Å². The summed E-state index contributed by atoms with van der Waals surface area (Å²) in [6.07, 6.45) is 0.832. The van der Waals surface area contributed by atoms with E-state index in [0.717, 1.165) is 12.0 Å². The van der Waals surface area contributed by atoms with Crippen LogP contribution >= 0.6 is 0 Å². The number of ether oxygens (including phenoxy) is 1. The van der Waals surface area contributed by atoms with Gasteiger partial charge in [0.15, 0.2) is 11.6 Å². The molecule has 0 saturated heterocycles. The van der Waals surface area contributed by atoms with Crippen LogP contribution in [0.1, 0.15) is 62.7 Å². The van der Waals surface area contributed by atoms with E-state index >= 15 is 0 Å². The number of rotatable bonds is 4. The van der Waals surface area contributed by atoms with E-state index in [1.165, 1.54) is 0 Å². The molecule has 1 saturated carbocycles. The Bertz CT molecular complexity index is 976. The highest BCUT2D eigenvalue weighted by atomic mass is 16.5. The van der Waals surface area contributed by atoms with Gasteiger partial charge in [0.2, 0.25) is 0 Å². The van der Waals surface area contributed by atoms with Gasteiger partial charge in [-0.2, -0.15) is 0 Å². The van der Waals surface area contributed by atoms with E-state index < -0.39 is 16.7 Å². The molecule has 1 aromatic heterocycles. The molecular weight excluding hydrogens is 340 g/mol. The number of hydrogen-bond donors (Lipinski definition) is 0. The van der Waals surface area contributed by atoms with Crippen LogP contribution in [0, 0.1) is 11.8 Å². The van der Waals surface area contributed by atoms with Crippen LogP contribution in [0.2, 0.25) is 0 Å². The first-order chi connectivity index (χ1) is 12.9. The molecule has 2 unspecified atom stereocenters. The Morgan fingerprint density at radius 1 is 1.07 bits per heavy atom. The number of benzene rings is 1. The molecule has 1 aliphatic heterocycles. The van der Waals surface area contributed by atoms with E-state index in [1.54, 1.807) is 19.1 Å². The summed E-state index contributed by atoms with van der Waals surface area (Å²) in [5.74, 6) is 6.48. The minimum atomic E-state index is -0.956. The fraction of sp³-hybridized carbons (Fsp3) is 0.391. The third kappa shape index (κ3) is 2.06. The predicted molar refractivity (Wildman–Crippen MR) is 101 cm³/mol. The second-order valence-electron chi connectivity index (χ2n) is 7.55. The van der Waals surface area contributed by atoms with Crippen LogP contribution in [-0.4, -0.2) is 18.2 Å². The molecule has 1 aromatic carbocycles. The van der Waals surface area contributed by atoms with Gasteiger partial charge < -0.3 is 9.15 Å². The summed E-state index contributed by atoms with van der Waals surface area (Å²) in [6, 6.07) is 9.08. The van der Waals surface area contributed by atoms with Crippen molar-refractivity contribution in [2.45, 2.75) is 50.9 Å². The topological polar surface area (TPSA) is 56.5 Å². The quantitative estimate of drug-likeness (QED) is 0.611. The van der Waals surface area contributed by atoms with Gasteiger partial charge in [0.25, 0.3) is 0 Å². The fourth-order valence-corrected chi connectivity index (χ4v) is 4.41. The summed E-state index contributed by atoms with van der Waals surface area (Å²) in [5.41, 5.74) is -0.486. The standard InChI is InChI=1S/C23H22O4/c1-5-7-14-8-9-15(16(13-14)26-12-6-2)19-20(24)22(3)17-10-11-18(27-17)23(22,4)21(19)25/h8-11,13,19H,6,12H2,1-4H3. The van der Waals surface area contributed by atoms with Gasteiger partial charge in [-0.25, -0.2) is 0 Å². The van der Waals surface area contributed by atoms with Crippen LogP contribution in [0.15, 0.2) is 34.7 Å². The Morgan fingerprint density at radius 3 is 2.26 bits per heavy atom. The van der Waals surface area contributed by atoms with Crippen molar-refractivity contribution in [3.05, 3.63) is 53.0 Å². The third-order valence-corrected chi connectivity index (χ3v) is 6.16. The van der Waals surface area contributed by atoms with Crippen LogP contribution in [0.4, 0.5) is 0 Å². The molecule has 2 aliphatic rings. The van der Waals surface area contributed by atoms with E-state index in [0.29, 0.717) is 29.4 Å². The molecule has 138 valence electrons. The van der Waals surface area contributed by atoms with Crippen molar-refractivity contribution in [2.75, 3.05) is 6.61 Å². The maximum absolute atomic E-state index is 13.5. The van der Waals surface area contributed by atoms with E-state index in [2.05, 4.69) is 11.8 Å². The molecule has 2 atom stereocenters. The molecule has 2 bridgehead atoms. The fourth-order valence-electron chi connectivity index (χ4n) is 4.41. The summed E-state index contributed by atoms with van der Waals surface area (Å²) in [5, 5.41) is 0. The van der Waals surface area contributed by atoms with Crippen LogP contribution in [0.25, 0.3) is 0 Å². The number of furan rings is 1. The second-order valence-corrected chi connectivity index (χ2v) is 7.55. The normalized spacial score (nSPS) is 28.1. The summed E-state index contributed by atoms with van der Waals surface area (Å²) in [4.78, 5) is 27.0. The lowest BCUT2D eigenvalue weighted by Gasteiger charge is -2.30. The summed E-state index contributed by atoms with van der Waals surface area (Å²) >= 11 is 0. The van der Waals surface area contributed by atoms with Crippen molar-refractivity contribution in [1.29, 1.82) is 0 Å². The van der Waals surface area contributed by atoms with E-state index in [9.17, 15) is 9.59 Å². The summed E-state index contributed by atoms with van der Waals surface area (Å²) in [6.45, 7) is 7.94. The third-order valence-electron chi connectivity index (χ3n) is 6.16. The van der Waals surface area contributed by atoms with Gasteiger partial charge in [0, 0.05) is 11.1 Å². The first-order valence-corrected chi connectivity index (χ1v) is 9.28. The molecule has 4 nitrogen and oxygen atoms in total. The number of carbonyl (C=O) groups excluding carboxylic acids is 2. The molecule has 1 aliphatic carbocycles. The van der Waals surface area contributed by atoms with Gasteiger partial charge in [-0.3, -0.25) is 9.59 Å². The van der Waals surface area contributed by atoms with Crippen molar-refractivity contribution in [3.8, 4) is 17.6 Å². The van der Waals surface area contributed by atoms with Crippen LogP contribution < -0.4 is 4.74 Å². The van der Waals surface area contributed by atoms with Crippen LogP contribution in [0.5, 0.6) is 5.75 Å². The van der Waals surface area contributed by atoms with Crippen molar-refractivity contribution >= 4 is 11.6 Å². The average molecular weight is 362 g/mol. The van der Waals surface area contributed by atoms with Crippen molar-refractivity contribution in [1.82, 2.24) is 0 Å². The zero-order valence-electron chi connectivity index (χ0n) is 16.0. The number of ketones is 2. The molecule has 0 spiro atoms. The summed E-state index contributed by atoms with van der Waals surface area (Å²) < 4.78 is 11.7. The smallest absolute Gasteiger partial charge is 0.162 e.